The molecule has 0 spiro atoms. The molecule has 2 heterocycles. The maximum Gasteiger partial charge on any atom is 0.269 e. The molecule has 0 radical (unpaired) electrons. The summed E-state index contributed by atoms with van der Waals surface area (Å²) in [5.41, 5.74) is 0.505. The summed E-state index contributed by atoms with van der Waals surface area (Å²) in [6.45, 7) is -0.208. The highest BCUT2D eigenvalue weighted by atomic mass is 16.7. The smallest absolute Gasteiger partial charge is 0.269 e. The Hall–Kier alpha value is -3.00. The first-order chi connectivity index (χ1) is 15.3. The number of aliphatic hydroxyl groups excluding tert-OH is 2. The number of benzene rings is 2. The van der Waals surface area contributed by atoms with E-state index in [0.717, 1.165) is 0 Å². The lowest BCUT2D eigenvalue weighted by atomic mass is 10.0. The van der Waals surface area contributed by atoms with Crippen LogP contribution < -0.4 is 0 Å². The molecule has 2 N–H and O–H groups in total. The van der Waals surface area contributed by atoms with Gasteiger partial charge in [-0.2, -0.15) is 0 Å². The van der Waals surface area contributed by atoms with Gasteiger partial charge in [-0.1, -0.05) is 24.3 Å². The number of aliphatic hydroxyl groups is 2. The monoisotopic (exact) mass is 448 g/mol. The predicted molar refractivity (Wildman–Crippen MR) is 105 cm³/mol. The van der Waals surface area contributed by atoms with E-state index in [1.54, 1.807) is 12.1 Å². The Bertz CT molecular complexity index is 1000. The van der Waals surface area contributed by atoms with E-state index in [4.69, 9.17) is 18.9 Å². The molecule has 2 aliphatic heterocycles. The summed E-state index contributed by atoms with van der Waals surface area (Å²) in [7, 11) is 0. The number of rotatable bonds is 6. The second kappa shape index (κ2) is 9.24. The van der Waals surface area contributed by atoms with E-state index >= 15 is 0 Å². The minimum atomic E-state index is -1.32. The van der Waals surface area contributed by atoms with E-state index in [2.05, 4.69) is 0 Å². The third kappa shape index (κ3) is 4.60. The van der Waals surface area contributed by atoms with Crippen LogP contribution in [-0.2, 0) is 18.9 Å². The third-order valence-electron chi connectivity index (χ3n) is 5.21. The van der Waals surface area contributed by atoms with Crippen LogP contribution in [0, 0.1) is 20.2 Å². The summed E-state index contributed by atoms with van der Waals surface area (Å²) in [5, 5.41) is 43.1. The second-order valence-corrected chi connectivity index (χ2v) is 7.37. The molecule has 2 aromatic carbocycles. The van der Waals surface area contributed by atoms with Gasteiger partial charge in [-0.3, -0.25) is 20.2 Å². The van der Waals surface area contributed by atoms with Crippen molar-refractivity contribution < 1.29 is 39.0 Å². The zero-order chi connectivity index (χ0) is 22.8. The molecule has 12 heteroatoms. The molecule has 12 nitrogen and oxygen atoms in total. The fourth-order valence-electron chi connectivity index (χ4n) is 3.59. The molecular weight excluding hydrogens is 428 g/mol. The molecule has 0 aromatic heterocycles. The number of ether oxygens (including phenoxy) is 4. The van der Waals surface area contributed by atoms with Crippen LogP contribution in [0.3, 0.4) is 0 Å². The molecule has 0 amide bonds. The first-order valence-electron chi connectivity index (χ1n) is 9.72. The van der Waals surface area contributed by atoms with Crippen molar-refractivity contribution in [3.8, 4) is 0 Å². The average Bonchev–Trinajstić information content (AvgIpc) is 3.29. The lowest BCUT2D eigenvalue weighted by Crippen LogP contribution is -2.52. The van der Waals surface area contributed by atoms with Crippen LogP contribution >= 0.6 is 0 Å². The molecule has 2 aromatic rings. The average molecular weight is 448 g/mol. The highest BCUT2D eigenvalue weighted by molar-refractivity contribution is 5.35. The van der Waals surface area contributed by atoms with Crippen molar-refractivity contribution in [2.24, 2.45) is 0 Å². The number of hydrogen-bond donors (Lipinski definition) is 2. The summed E-state index contributed by atoms with van der Waals surface area (Å²) in [5.74, 6) is 0. The summed E-state index contributed by atoms with van der Waals surface area (Å²) in [6, 6.07) is 11.4. The standard InChI is InChI=1S/C20H20N2O10/c23-15-9-29-20(12-4-2-6-14(8-12)22(27)28)32-18(15)17(24)16-10-30-19(31-16)11-3-1-5-13(7-11)21(25)26/h1-8,15-20,23-24H,9-10H2/t15-,16+,17+,18+,19?,20?/m1/s1. The fourth-order valence-corrected chi connectivity index (χ4v) is 3.59. The van der Waals surface area contributed by atoms with Gasteiger partial charge < -0.3 is 29.2 Å². The van der Waals surface area contributed by atoms with Crippen LogP contribution in [0.2, 0.25) is 0 Å². The van der Waals surface area contributed by atoms with Gasteiger partial charge in [-0.25, -0.2) is 0 Å². The highest BCUT2D eigenvalue weighted by Crippen LogP contribution is 2.35. The lowest BCUT2D eigenvalue weighted by Gasteiger charge is -2.37. The van der Waals surface area contributed by atoms with Crippen molar-refractivity contribution in [2.75, 3.05) is 13.2 Å². The van der Waals surface area contributed by atoms with Crippen LogP contribution in [0.5, 0.6) is 0 Å². The topological polar surface area (TPSA) is 164 Å². The van der Waals surface area contributed by atoms with E-state index in [-0.39, 0.29) is 24.6 Å². The van der Waals surface area contributed by atoms with Crippen LogP contribution in [0.15, 0.2) is 48.5 Å². The largest absolute Gasteiger partial charge is 0.388 e. The van der Waals surface area contributed by atoms with Crippen LogP contribution in [0.4, 0.5) is 11.4 Å². The summed E-state index contributed by atoms with van der Waals surface area (Å²) < 4.78 is 22.4. The SMILES string of the molecule is O=[N+]([O-])c1cccc(C2OC[C@@H](O)[C@@H]([C@@H](O)[C@@H]3COC(c4cccc([N+](=O)[O-])c4)O3)O2)c1. The van der Waals surface area contributed by atoms with Gasteiger partial charge in [0.15, 0.2) is 12.6 Å². The molecule has 32 heavy (non-hydrogen) atoms. The Balaban J connectivity index is 1.45. The zero-order valence-electron chi connectivity index (χ0n) is 16.6. The fraction of sp³-hybridized carbons (Fsp3) is 0.400. The Morgan fingerprint density at radius 1 is 0.875 bits per heavy atom. The van der Waals surface area contributed by atoms with Gasteiger partial charge in [0.2, 0.25) is 0 Å². The molecule has 2 saturated heterocycles. The van der Waals surface area contributed by atoms with Crippen molar-refractivity contribution in [3.63, 3.8) is 0 Å². The maximum absolute atomic E-state index is 11.0. The molecule has 2 aliphatic rings. The molecule has 0 saturated carbocycles. The van der Waals surface area contributed by atoms with E-state index in [1.807, 2.05) is 0 Å². The van der Waals surface area contributed by atoms with Gasteiger partial charge in [0.25, 0.3) is 11.4 Å². The highest BCUT2D eigenvalue weighted by Gasteiger charge is 2.43. The molecule has 2 unspecified atom stereocenters. The summed E-state index contributed by atoms with van der Waals surface area (Å²) in [6.07, 6.45) is -6.47. The minimum Gasteiger partial charge on any atom is -0.388 e. The van der Waals surface area contributed by atoms with E-state index in [1.165, 1.54) is 36.4 Å². The third-order valence-corrected chi connectivity index (χ3v) is 5.21. The van der Waals surface area contributed by atoms with Gasteiger partial charge in [0.1, 0.15) is 24.4 Å². The van der Waals surface area contributed by atoms with E-state index < -0.39 is 46.8 Å². The molecule has 0 aliphatic carbocycles. The number of nitro groups is 2. The number of nitrogens with zero attached hydrogens (tertiary/aromatic N) is 2. The molecule has 170 valence electrons. The van der Waals surface area contributed by atoms with Crippen molar-refractivity contribution >= 4 is 11.4 Å². The van der Waals surface area contributed by atoms with E-state index in [0.29, 0.717) is 11.1 Å². The predicted octanol–water partition coefficient (Wildman–Crippen LogP) is 1.75. The van der Waals surface area contributed by atoms with Crippen molar-refractivity contribution in [1.82, 2.24) is 0 Å². The molecule has 2 fully saturated rings. The number of non-ortho nitro benzene ring substituents is 2. The van der Waals surface area contributed by atoms with Crippen molar-refractivity contribution in [1.29, 1.82) is 0 Å². The molecule has 4 rings (SSSR count). The first-order valence-corrected chi connectivity index (χ1v) is 9.72. The second-order valence-electron chi connectivity index (χ2n) is 7.37. The van der Waals surface area contributed by atoms with Gasteiger partial charge in [-0.05, 0) is 0 Å². The van der Waals surface area contributed by atoms with Crippen molar-refractivity contribution in [2.45, 2.75) is 37.0 Å². The van der Waals surface area contributed by atoms with Gasteiger partial charge in [0, 0.05) is 35.4 Å². The minimum absolute atomic E-state index is 0.0383. The Kier molecular flexibility index (Phi) is 6.41. The Morgan fingerprint density at radius 3 is 1.97 bits per heavy atom. The van der Waals surface area contributed by atoms with Gasteiger partial charge in [-0.15, -0.1) is 0 Å². The molecule has 6 atom stereocenters. The lowest BCUT2D eigenvalue weighted by molar-refractivity contribution is -0.385. The van der Waals surface area contributed by atoms with Crippen LogP contribution in [0.1, 0.15) is 23.7 Å². The quantitative estimate of drug-likeness (QED) is 0.491. The normalized spacial score (nSPS) is 28.9. The zero-order valence-corrected chi connectivity index (χ0v) is 16.6. The van der Waals surface area contributed by atoms with E-state index in [9.17, 15) is 30.4 Å². The summed E-state index contributed by atoms with van der Waals surface area (Å²) >= 11 is 0. The summed E-state index contributed by atoms with van der Waals surface area (Å²) in [4.78, 5) is 20.9. The Morgan fingerprint density at radius 2 is 1.41 bits per heavy atom. The molecular formula is C20H20N2O10. The number of hydrogen-bond acceptors (Lipinski definition) is 10. The van der Waals surface area contributed by atoms with Crippen LogP contribution in [-0.4, -0.2) is 57.7 Å². The Labute approximate surface area is 181 Å². The van der Waals surface area contributed by atoms with Gasteiger partial charge >= 0.3 is 0 Å². The van der Waals surface area contributed by atoms with Crippen molar-refractivity contribution in [3.05, 3.63) is 79.9 Å². The maximum atomic E-state index is 11.0. The number of nitro benzene ring substituents is 2. The van der Waals surface area contributed by atoms with Gasteiger partial charge in [0.05, 0.1) is 23.1 Å². The molecule has 0 bridgehead atoms. The first kappa shape index (κ1) is 22.2. The van der Waals surface area contributed by atoms with Crippen LogP contribution in [0.25, 0.3) is 0 Å².